The van der Waals surface area contributed by atoms with Crippen LogP contribution >= 0.6 is 0 Å². The lowest BCUT2D eigenvalue weighted by atomic mass is 10.1. The SMILES string of the molecule is N#Cc1ncc(-c2ccnn2C2CCCCO2)cc1[N+](=O)[O-]. The molecule has 0 spiro atoms. The van der Waals surface area contributed by atoms with Crippen LogP contribution in [-0.4, -0.2) is 26.3 Å². The minimum Gasteiger partial charge on any atom is -0.356 e. The Balaban J connectivity index is 2.02. The van der Waals surface area contributed by atoms with Gasteiger partial charge >= 0.3 is 5.69 Å². The number of aromatic nitrogens is 3. The van der Waals surface area contributed by atoms with Crippen molar-refractivity contribution in [2.45, 2.75) is 25.5 Å². The van der Waals surface area contributed by atoms with E-state index in [2.05, 4.69) is 10.1 Å². The predicted molar refractivity (Wildman–Crippen MR) is 75.7 cm³/mol. The van der Waals surface area contributed by atoms with Crippen molar-refractivity contribution in [3.8, 4) is 17.3 Å². The zero-order valence-electron chi connectivity index (χ0n) is 11.7. The highest BCUT2D eigenvalue weighted by Crippen LogP contribution is 2.30. The van der Waals surface area contributed by atoms with Crippen LogP contribution in [0.1, 0.15) is 31.2 Å². The first-order valence-corrected chi connectivity index (χ1v) is 6.90. The minimum atomic E-state index is -0.604. The molecule has 1 saturated heterocycles. The third-order valence-corrected chi connectivity index (χ3v) is 3.56. The molecule has 8 nitrogen and oxygen atoms in total. The Morgan fingerprint density at radius 3 is 3.05 bits per heavy atom. The molecule has 1 aliphatic heterocycles. The maximum absolute atomic E-state index is 11.1. The molecule has 0 N–H and O–H groups in total. The molecule has 112 valence electrons. The number of ether oxygens (including phenoxy) is 1. The molecule has 1 aliphatic rings. The summed E-state index contributed by atoms with van der Waals surface area (Å²) in [5, 5.41) is 24.2. The molecular weight excluding hydrogens is 286 g/mol. The first kappa shape index (κ1) is 14.2. The minimum absolute atomic E-state index is 0.173. The van der Waals surface area contributed by atoms with Crippen LogP contribution in [0.5, 0.6) is 0 Å². The fourth-order valence-corrected chi connectivity index (χ4v) is 2.51. The molecule has 22 heavy (non-hydrogen) atoms. The fourth-order valence-electron chi connectivity index (χ4n) is 2.51. The number of nitriles is 1. The smallest absolute Gasteiger partial charge is 0.306 e. The largest absolute Gasteiger partial charge is 0.356 e. The Bertz CT molecular complexity index is 743. The van der Waals surface area contributed by atoms with Crippen molar-refractivity contribution < 1.29 is 9.66 Å². The molecule has 0 aromatic carbocycles. The van der Waals surface area contributed by atoms with E-state index in [1.165, 1.54) is 12.3 Å². The molecule has 2 aromatic rings. The summed E-state index contributed by atoms with van der Waals surface area (Å²) in [7, 11) is 0. The van der Waals surface area contributed by atoms with Gasteiger partial charge in [0.25, 0.3) is 0 Å². The standard InChI is InChI=1S/C14H13N5O3/c15-8-11-13(19(20)21)7-10(9-16-11)12-4-5-17-18(12)14-3-1-2-6-22-14/h4-5,7,9,14H,1-3,6H2. The zero-order chi connectivity index (χ0) is 15.5. The average molecular weight is 299 g/mol. The molecule has 8 heteroatoms. The molecule has 0 bridgehead atoms. The number of hydrogen-bond donors (Lipinski definition) is 0. The van der Waals surface area contributed by atoms with E-state index in [-0.39, 0.29) is 17.6 Å². The third-order valence-electron chi connectivity index (χ3n) is 3.56. The van der Waals surface area contributed by atoms with Gasteiger partial charge in [-0.05, 0) is 25.3 Å². The van der Waals surface area contributed by atoms with Crippen molar-refractivity contribution in [2.75, 3.05) is 6.61 Å². The highest BCUT2D eigenvalue weighted by Gasteiger charge is 2.22. The summed E-state index contributed by atoms with van der Waals surface area (Å²) in [6.07, 6.45) is 5.82. The van der Waals surface area contributed by atoms with E-state index >= 15 is 0 Å². The molecule has 0 saturated carbocycles. The van der Waals surface area contributed by atoms with Gasteiger partial charge < -0.3 is 4.74 Å². The Hall–Kier alpha value is -2.79. The van der Waals surface area contributed by atoms with E-state index in [0.29, 0.717) is 17.9 Å². The van der Waals surface area contributed by atoms with Crippen molar-refractivity contribution in [2.24, 2.45) is 0 Å². The topological polar surface area (TPSA) is 107 Å². The Labute approximate surface area is 126 Å². The van der Waals surface area contributed by atoms with Crippen molar-refractivity contribution >= 4 is 5.69 Å². The number of rotatable bonds is 3. The van der Waals surface area contributed by atoms with Gasteiger partial charge in [-0.25, -0.2) is 9.67 Å². The van der Waals surface area contributed by atoms with Crippen LogP contribution in [0.25, 0.3) is 11.3 Å². The fraction of sp³-hybridized carbons (Fsp3) is 0.357. The maximum atomic E-state index is 11.1. The van der Waals surface area contributed by atoms with Gasteiger partial charge in [-0.1, -0.05) is 0 Å². The summed E-state index contributed by atoms with van der Waals surface area (Å²) in [6, 6.07) is 4.83. The van der Waals surface area contributed by atoms with Crippen molar-refractivity contribution in [1.29, 1.82) is 5.26 Å². The van der Waals surface area contributed by atoms with E-state index in [0.717, 1.165) is 19.3 Å². The lowest BCUT2D eigenvalue weighted by molar-refractivity contribution is -0.385. The van der Waals surface area contributed by atoms with Crippen LogP contribution in [0, 0.1) is 21.4 Å². The highest BCUT2D eigenvalue weighted by atomic mass is 16.6. The van der Waals surface area contributed by atoms with Crippen molar-refractivity contribution in [3.05, 3.63) is 40.3 Å². The molecule has 0 radical (unpaired) electrons. The normalized spacial score (nSPS) is 17.9. The maximum Gasteiger partial charge on any atom is 0.306 e. The molecule has 2 aromatic heterocycles. The molecular formula is C14H13N5O3. The zero-order valence-corrected chi connectivity index (χ0v) is 11.7. The van der Waals surface area contributed by atoms with E-state index in [9.17, 15) is 10.1 Å². The predicted octanol–water partition coefficient (Wildman–Crippen LogP) is 2.42. The van der Waals surface area contributed by atoms with Gasteiger partial charge in [-0.2, -0.15) is 10.4 Å². The van der Waals surface area contributed by atoms with E-state index in [1.54, 1.807) is 23.0 Å². The van der Waals surface area contributed by atoms with E-state index < -0.39 is 4.92 Å². The molecule has 3 heterocycles. The third kappa shape index (κ3) is 2.54. The Morgan fingerprint density at radius 2 is 2.36 bits per heavy atom. The van der Waals surface area contributed by atoms with Gasteiger partial charge in [-0.15, -0.1) is 0 Å². The monoisotopic (exact) mass is 299 g/mol. The Morgan fingerprint density at radius 1 is 1.50 bits per heavy atom. The second kappa shape index (κ2) is 5.91. The average Bonchev–Trinajstić information content (AvgIpc) is 3.04. The van der Waals surface area contributed by atoms with Gasteiger partial charge in [-0.3, -0.25) is 10.1 Å². The number of hydrogen-bond acceptors (Lipinski definition) is 6. The van der Waals surface area contributed by atoms with Gasteiger partial charge in [0.15, 0.2) is 6.23 Å². The second-order valence-corrected chi connectivity index (χ2v) is 4.94. The van der Waals surface area contributed by atoms with Crippen LogP contribution in [0.2, 0.25) is 0 Å². The van der Waals surface area contributed by atoms with E-state index in [1.807, 2.05) is 0 Å². The Kier molecular flexibility index (Phi) is 3.80. The summed E-state index contributed by atoms with van der Waals surface area (Å²) < 4.78 is 7.42. The first-order valence-electron chi connectivity index (χ1n) is 6.90. The van der Waals surface area contributed by atoms with Gasteiger partial charge in [0.1, 0.15) is 6.07 Å². The van der Waals surface area contributed by atoms with Gasteiger partial charge in [0.2, 0.25) is 5.69 Å². The summed E-state index contributed by atoms with van der Waals surface area (Å²) in [5.74, 6) is 0. The van der Waals surface area contributed by atoms with Gasteiger partial charge in [0.05, 0.1) is 10.6 Å². The molecule has 1 unspecified atom stereocenters. The molecule has 1 fully saturated rings. The summed E-state index contributed by atoms with van der Waals surface area (Å²) in [5.41, 5.74) is 0.718. The summed E-state index contributed by atoms with van der Waals surface area (Å²) in [4.78, 5) is 14.3. The molecule has 0 aliphatic carbocycles. The van der Waals surface area contributed by atoms with Gasteiger partial charge in [0, 0.05) is 30.6 Å². The number of nitrogens with zero attached hydrogens (tertiary/aromatic N) is 5. The van der Waals surface area contributed by atoms with Crippen LogP contribution in [0.15, 0.2) is 24.5 Å². The second-order valence-electron chi connectivity index (χ2n) is 4.94. The van der Waals surface area contributed by atoms with Crippen molar-refractivity contribution in [1.82, 2.24) is 14.8 Å². The van der Waals surface area contributed by atoms with E-state index in [4.69, 9.17) is 10.00 Å². The van der Waals surface area contributed by atoms with Crippen molar-refractivity contribution in [3.63, 3.8) is 0 Å². The van der Waals surface area contributed by atoms with Crippen LogP contribution in [0.3, 0.4) is 0 Å². The lowest BCUT2D eigenvalue weighted by Crippen LogP contribution is -2.19. The molecule has 3 rings (SSSR count). The quantitative estimate of drug-likeness (QED) is 0.636. The highest BCUT2D eigenvalue weighted by molar-refractivity contribution is 5.63. The molecule has 1 atom stereocenters. The van der Waals surface area contributed by atoms with Crippen LogP contribution in [-0.2, 0) is 4.74 Å². The van der Waals surface area contributed by atoms with Crippen LogP contribution in [0.4, 0.5) is 5.69 Å². The lowest BCUT2D eigenvalue weighted by Gasteiger charge is -2.24. The first-order chi connectivity index (χ1) is 10.7. The number of nitro groups is 1. The number of pyridine rings is 1. The summed E-state index contributed by atoms with van der Waals surface area (Å²) in [6.45, 7) is 0.676. The summed E-state index contributed by atoms with van der Waals surface area (Å²) >= 11 is 0. The molecule has 0 amide bonds. The van der Waals surface area contributed by atoms with Crippen LogP contribution < -0.4 is 0 Å².